The molecule has 0 bridgehead atoms. The average molecular weight is 829 g/mol. The van der Waals surface area contributed by atoms with Crippen LogP contribution in [0.25, 0.3) is 0 Å². The molecule has 0 aromatic heterocycles. The molecule has 3 amide bonds. The zero-order chi connectivity index (χ0) is 44.4. The zero-order valence-corrected chi connectivity index (χ0v) is 33.4. The van der Waals surface area contributed by atoms with Gasteiger partial charge in [0.15, 0.2) is 40.3 Å². The molecule has 0 radical (unpaired) electrons. The first-order valence-electron chi connectivity index (χ1n) is 19.1. The molecule has 324 valence electrons. The van der Waals surface area contributed by atoms with Gasteiger partial charge in [-0.25, -0.2) is 0 Å². The van der Waals surface area contributed by atoms with E-state index < -0.39 is 34.8 Å². The Morgan fingerprint density at radius 2 is 1.22 bits per heavy atom. The van der Waals surface area contributed by atoms with Crippen LogP contribution in [0.4, 0.5) is 0 Å². The van der Waals surface area contributed by atoms with Crippen LogP contribution in [0.3, 0.4) is 0 Å². The van der Waals surface area contributed by atoms with Gasteiger partial charge in [0.05, 0.1) is 12.1 Å². The van der Waals surface area contributed by atoms with Crippen molar-refractivity contribution in [2.24, 2.45) is 5.73 Å². The molecule has 2 atom stereocenters. The van der Waals surface area contributed by atoms with Crippen molar-refractivity contribution >= 4 is 29.3 Å². The van der Waals surface area contributed by atoms with Gasteiger partial charge in [-0.2, -0.15) is 0 Å². The van der Waals surface area contributed by atoms with E-state index in [-0.39, 0.29) is 89.6 Å². The highest BCUT2D eigenvalue weighted by molar-refractivity contribution is 5.88. The second-order valence-corrected chi connectivity index (χ2v) is 13.8. The number of aromatic hydroxyl groups is 9. The van der Waals surface area contributed by atoms with Crippen LogP contribution in [0, 0.1) is 0 Å². The van der Waals surface area contributed by atoms with Crippen molar-refractivity contribution < 1.29 is 69.9 Å². The first kappa shape index (κ1) is 48.7. The molecule has 13 N–H and O–H groups in total. The number of aryl methyl sites for hydroxylation is 1. The van der Waals surface area contributed by atoms with E-state index in [4.69, 9.17) is 15.9 Å². The van der Waals surface area contributed by atoms with Gasteiger partial charge in [0.1, 0.15) is 5.78 Å². The maximum atomic E-state index is 12.3. The number of rotatable bonds is 15. The van der Waals surface area contributed by atoms with Crippen LogP contribution < -0.4 is 16.4 Å². The van der Waals surface area contributed by atoms with Crippen LogP contribution in [0.2, 0.25) is 0 Å². The molecular weight excluding hydrogens is 772 g/mol. The second kappa shape index (κ2) is 23.7. The van der Waals surface area contributed by atoms with E-state index in [1.807, 2.05) is 6.92 Å². The molecule has 1 aliphatic heterocycles. The number of phenols is 9. The quantitative estimate of drug-likeness (QED) is 0.0980. The minimum absolute atomic E-state index is 0.0270. The SMILES string of the molecule is CC(=O)C1CCCCN1C(=O)CCCc1ccc(O)c(O)c1O.CC[C@H](N)C(=O)NCCc1ccc(O)c(O)c1O.CNC(=O)CCC(=O)Cc1ccc(O)c(O)c1O. The molecule has 1 fully saturated rings. The fraction of sp³-hybridized carbons (Fsp3) is 0.439. The first-order chi connectivity index (χ1) is 27.8. The minimum Gasteiger partial charge on any atom is -0.504 e. The standard InChI is InChI=1S/C17H23NO5.C12H18N2O4.C12H15NO5/c1-11(19)13-6-2-3-10-18(13)15(21)7-4-5-12-8-9-14(20)17(23)16(12)22;1-2-8(13)12(18)14-6-5-7-3-4-9(15)11(17)10(7)16;1-13-10(16)5-3-8(14)6-7-2-4-9(15)12(18)11(7)17/h8-9,13,20,22-23H,2-7,10H2,1H3;3-4,8,15-17H,2,5-6,13H2,1H3,(H,14,18);2,4,15,17-18H,3,5-6H2,1H3,(H,13,16)/t;8-;/m.0./s1. The highest BCUT2D eigenvalue weighted by Crippen LogP contribution is 2.39. The van der Waals surface area contributed by atoms with Crippen LogP contribution in [0.15, 0.2) is 36.4 Å². The highest BCUT2D eigenvalue weighted by atomic mass is 16.3. The van der Waals surface area contributed by atoms with E-state index in [1.165, 1.54) is 50.4 Å². The number of benzene rings is 3. The molecule has 18 heteroatoms. The number of nitrogens with one attached hydrogen (secondary N) is 2. The summed E-state index contributed by atoms with van der Waals surface area (Å²) in [5.74, 6) is -4.92. The number of amides is 3. The summed E-state index contributed by atoms with van der Waals surface area (Å²) in [5.41, 5.74) is 6.67. The van der Waals surface area contributed by atoms with Gasteiger partial charge in [-0.3, -0.25) is 24.0 Å². The molecule has 59 heavy (non-hydrogen) atoms. The predicted molar refractivity (Wildman–Crippen MR) is 214 cm³/mol. The van der Waals surface area contributed by atoms with Crippen molar-refractivity contribution in [3.8, 4) is 51.7 Å². The van der Waals surface area contributed by atoms with E-state index in [1.54, 1.807) is 4.90 Å². The fourth-order valence-corrected chi connectivity index (χ4v) is 5.92. The number of likely N-dealkylation sites (tertiary alicyclic amines) is 1. The number of phenolic OH excluding ortho intramolecular Hbond substituents is 9. The largest absolute Gasteiger partial charge is 0.504 e. The molecule has 3 aromatic carbocycles. The van der Waals surface area contributed by atoms with Gasteiger partial charge in [0.25, 0.3) is 0 Å². The lowest BCUT2D eigenvalue weighted by molar-refractivity contribution is -0.140. The summed E-state index contributed by atoms with van der Waals surface area (Å²) < 4.78 is 0. The number of nitrogens with two attached hydrogens (primary N) is 1. The molecule has 3 aromatic rings. The summed E-state index contributed by atoms with van der Waals surface area (Å²) in [6.45, 7) is 4.25. The van der Waals surface area contributed by atoms with E-state index >= 15 is 0 Å². The minimum atomic E-state index is -0.647. The van der Waals surface area contributed by atoms with Gasteiger partial charge in [-0.1, -0.05) is 25.1 Å². The predicted octanol–water partition coefficient (Wildman–Crippen LogP) is 2.74. The van der Waals surface area contributed by atoms with Gasteiger partial charge >= 0.3 is 0 Å². The molecule has 18 nitrogen and oxygen atoms in total. The molecule has 1 saturated heterocycles. The summed E-state index contributed by atoms with van der Waals surface area (Å²) in [7, 11) is 1.48. The van der Waals surface area contributed by atoms with Crippen LogP contribution in [-0.2, 0) is 43.2 Å². The number of Topliss-reactive ketones (excluding diaryl/α,β-unsaturated/α-hetero) is 2. The van der Waals surface area contributed by atoms with E-state index in [0.29, 0.717) is 49.9 Å². The van der Waals surface area contributed by atoms with Crippen molar-refractivity contribution in [3.63, 3.8) is 0 Å². The van der Waals surface area contributed by atoms with Gasteiger partial charge in [-0.05, 0) is 81.2 Å². The Balaban J connectivity index is 0.000000309. The number of carbonyl (C=O) groups excluding carboxylic acids is 5. The molecule has 4 rings (SSSR count). The number of hydrogen-bond acceptors (Lipinski definition) is 15. The fourth-order valence-electron chi connectivity index (χ4n) is 5.92. The Bertz CT molecular complexity index is 1940. The Morgan fingerprint density at radius 1 is 0.712 bits per heavy atom. The Morgan fingerprint density at radius 3 is 1.73 bits per heavy atom. The highest BCUT2D eigenvalue weighted by Gasteiger charge is 2.29. The summed E-state index contributed by atoms with van der Waals surface area (Å²) in [5, 5.41) is 89.5. The van der Waals surface area contributed by atoms with Crippen molar-refractivity contribution in [1.29, 1.82) is 0 Å². The monoisotopic (exact) mass is 828 g/mol. The molecule has 0 aliphatic carbocycles. The van der Waals surface area contributed by atoms with Gasteiger partial charge < -0.3 is 67.2 Å². The molecule has 1 aliphatic rings. The molecule has 1 unspecified atom stereocenters. The van der Waals surface area contributed by atoms with Crippen molar-refractivity contribution in [2.45, 2.75) is 96.6 Å². The average Bonchev–Trinajstić information content (AvgIpc) is 3.22. The Labute approximate surface area is 341 Å². The number of nitrogens with zero attached hydrogens (tertiary/aromatic N) is 1. The third-order valence-electron chi connectivity index (χ3n) is 9.54. The zero-order valence-electron chi connectivity index (χ0n) is 33.4. The van der Waals surface area contributed by atoms with Crippen LogP contribution in [-0.4, -0.2) is 112 Å². The normalized spacial score (nSPS) is 13.8. The van der Waals surface area contributed by atoms with E-state index in [0.717, 1.165) is 19.3 Å². The van der Waals surface area contributed by atoms with Crippen LogP contribution in [0.5, 0.6) is 51.7 Å². The van der Waals surface area contributed by atoms with Crippen molar-refractivity contribution in [3.05, 3.63) is 53.1 Å². The van der Waals surface area contributed by atoms with Gasteiger partial charge in [0.2, 0.25) is 35.0 Å². The molecular formula is C41H56N4O14. The summed E-state index contributed by atoms with van der Waals surface area (Å²) in [6.07, 6.45) is 4.73. The van der Waals surface area contributed by atoms with Crippen molar-refractivity contribution in [1.82, 2.24) is 15.5 Å². The van der Waals surface area contributed by atoms with E-state index in [2.05, 4.69) is 10.6 Å². The maximum Gasteiger partial charge on any atom is 0.236 e. The lowest BCUT2D eigenvalue weighted by Crippen LogP contribution is -2.47. The number of hydrogen-bond donors (Lipinski definition) is 12. The lowest BCUT2D eigenvalue weighted by atomic mass is 9.98. The van der Waals surface area contributed by atoms with Crippen LogP contribution in [0.1, 0.15) is 81.9 Å². The Hall–Kier alpha value is -6.43. The summed E-state index contributed by atoms with van der Waals surface area (Å²) in [4.78, 5) is 59.5. The van der Waals surface area contributed by atoms with Crippen LogP contribution >= 0.6 is 0 Å². The molecule has 1 heterocycles. The summed E-state index contributed by atoms with van der Waals surface area (Å²) >= 11 is 0. The molecule has 0 spiro atoms. The van der Waals surface area contributed by atoms with Gasteiger partial charge in [-0.15, -0.1) is 0 Å². The first-order valence-corrected chi connectivity index (χ1v) is 19.1. The third kappa shape index (κ3) is 14.8. The molecule has 0 saturated carbocycles. The smallest absolute Gasteiger partial charge is 0.236 e. The number of ketones is 2. The number of piperidine rings is 1. The maximum absolute atomic E-state index is 12.3. The number of carbonyl (C=O) groups is 5. The lowest BCUT2D eigenvalue weighted by Gasteiger charge is -2.34. The Kier molecular flexibility index (Phi) is 19.6. The summed E-state index contributed by atoms with van der Waals surface area (Å²) in [6, 6.07) is 7.30. The van der Waals surface area contributed by atoms with Crippen molar-refractivity contribution in [2.75, 3.05) is 20.1 Å². The van der Waals surface area contributed by atoms with E-state index in [9.17, 15) is 59.7 Å². The van der Waals surface area contributed by atoms with Gasteiger partial charge in [0, 0.05) is 51.4 Å². The topological polar surface area (TPSA) is 321 Å². The third-order valence-corrected chi connectivity index (χ3v) is 9.54. The second-order valence-electron chi connectivity index (χ2n) is 13.8.